The third kappa shape index (κ3) is 2.55. The molecule has 0 bridgehead atoms. The van der Waals surface area contributed by atoms with Crippen molar-refractivity contribution in [2.75, 3.05) is 0 Å². The van der Waals surface area contributed by atoms with Crippen LogP contribution in [0.15, 0.2) is 12.1 Å². The third-order valence-corrected chi connectivity index (χ3v) is 2.27. The summed E-state index contributed by atoms with van der Waals surface area (Å²) in [5.41, 5.74) is -3.40. The summed E-state index contributed by atoms with van der Waals surface area (Å²) in [5, 5.41) is 10.1. The number of benzene rings is 1. The van der Waals surface area contributed by atoms with Gasteiger partial charge in [-0.3, -0.25) is 14.9 Å². The lowest BCUT2D eigenvalue weighted by Crippen LogP contribution is -2.14. The Morgan fingerprint density at radius 2 is 1.94 bits per heavy atom. The van der Waals surface area contributed by atoms with Crippen molar-refractivity contribution in [3.8, 4) is 0 Å². The van der Waals surface area contributed by atoms with Gasteiger partial charge in [-0.15, -0.1) is 0 Å². The number of hydrogen-bond donors (Lipinski definition) is 0. The standard InChI is InChI=1S/C9H5ClF3NO3/c1-4(15)7-5(9(11,12)13)2-3-6(10)8(7)14(16)17/h2-3H,1H3. The molecular formula is C9H5ClF3NO3. The van der Waals surface area contributed by atoms with Crippen molar-refractivity contribution in [3.63, 3.8) is 0 Å². The van der Waals surface area contributed by atoms with Gasteiger partial charge in [-0.25, -0.2) is 0 Å². The van der Waals surface area contributed by atoms with E-state index < -0.39 is 38.7 Å². The highest BCUT2D eigenvalue weighted by molar-refractivity contribution is 6.33. The fourth-order valence-corrected chi connectivity index (χ4v) is 1.56. The molecule has 0 fully saturated rings. The van der Waals surface area contributed by atoms with Crippen LogP contribution in [0.4, 0.5) is 18.9 Å². The van der Waals surface area contributed by atoms with Crippen LogP contribution in [0.2, 0.25) is 5.02 Å². The Labute approximate surface area is 98.1 Å². The van der Waals surface area contributed by atoms with Crippen LogP contribution in [-0.2, 0) is 6.18 Å². The summed E-state index contributed by atoms with van der Waals surface area (Å²) in [6.45, 7) is 0.813. The normalized spacial score (nSPS) is 11.4. The van der Waals surface area contributed by atoms with Crippen LogP contribution in [0.25, 0.3) is 0 Å². The molecule has 0 atom stereocenters. The van der Waals surface area contributed by atoms with E-state index in [-0.39, 0.29) is 0 Å². The van der Waals surface area contributed by atoms with E-state index in [4.69, 9.17) is 11.6 Å². The largest absolute Gasteiger partial charge is 0.417 e. The number of halogens is 4. The molecule has 17 heavy (non-hydrogen) atoms. The maximum absolute atomic E-state index is 12.6. The highest BCUT2D eigenvalue weighted by atomic mass is 35.5. The Balaban J connectivity index is 3.72. The molecule has 0 N–H and O–H groups in total. The van der Waals surface area contributed by atoms with E-state index in [1.54, 1.807) is 0 Å². The van der Waals surface area contributed by atoms with Crippen LogP contribution in [0.3, 0.4) is 0 Å². The van der Waals surface area contributed by atoms with Gasteiger partial charge in [-0.05, 0) is 19.1 Å². The van der Waals surface area contributed by atoms with Gasteiger partial charge in [0.2, 0.25) is 0 Å². The molecule has 8 heteroatoms. The number of ketones is 1. The van der Waals surface area contributed by atoms with Gasteiger partial charge in [0.1, 0.15) is 10.6 Å². The second-order valence-electron chi connectivity index (χ2n) is 3.13. The van der Waals surface area contributed by atoms with E-state index in [0.717, 1.165) is 13.0 Å². The number of hydrogen-bond acceptors (Lipinski definition) is 3. The number of alkyl halides is 3. The first-order valence-electron chi connectivity index (χ1n) is 4.21. The van der Waals surface area contributed by atoms with Gasteiger partial charge >= 0.3 is 6.18 Å². The smallest absolute Gasteiger partial charge is 0.294 e. The van der Waals surface area contributed by atoms with Crippen molar-refractivity contribution in [2.45, 2.75) is 13.1 Å². The van der Waals surface area contributed by atoms with Crippen molar-refractivity contribution in [1.29, 1.82) is 0 Å². The molecule has 92 valence electrons. The maximum Gasteiger partial charge on any atom is 0.417 e. The van der Waals surface area contributed by atoms with Crippen LogP contribution in [0.1, 0.15) is 22.8 Å². The second-order valence-corrected chi connectivity index (χ2v) is 3.54. The predicted molar refractivity (Wildman–Crippen MR) is 53.1 cm³/mol. The van der Waals surface area contributed by atoms with Gasteiger partial charge < -0.3 is 0 Å². The van der Waals surface area contributed by atoms with Gasteiger partial charge in [0.05, 0.1) is 10.5 Å². The zero-order valence-electron chi connectivity index (χ0n) is 8.34. The number of nitrogens with zero attached hydrogens (tertiary/aromatic N) is 1. The van der Waals surface area contributed by atoms with Gasteiger partial charge in [-0.1, -0.05) is 11.6 Å². The lowest BCUT2D eigenvalue weighted by atomic mass is 10.0. The minimum Gasteiger partial charge on any atom is -0.294 e. The van der Waals surface area contributed by atoms with Gasteiger partial charge in [0, 0.05) is 0 Å². The molecule has 0 saturated heterocycles. The number of Topliss-reactive ketones (excluding diaryl/α,β-unsaturated/α-hetero) is 1. The van der Waals surface area contributed by atoms with E-state index in [0.29, 0.717) is 6.07 Å². The number of carbonyl (C=O) groups excluding carboxylic acids is 1. The van der Waals surface area contributed by atoms with Crippen molar-refractivity contribution in [1.82, 2.24) is 0 Å². The van der Waals surface area contributed by atoms with Crippen LogP contribution >= 0.6 is 11.6 Å². The molecule has 0 radical (unpaired) electrons. The molecule has 0 aliphatic rings. The minimum absolute atomic E-state index is 0.506. The lowest BCUT2D eigenvalue weighted by molar-refractivity contribution is -0.385. The SMILES string of the molecule is CC(=O)c1c(C(F)(F)F)ccc(Cl)c1[N+](=O)[O-]. The molecule has 0 aliphatic heterocycles. The van der Waals surface area contributed by atoms with Gasteiger partial charge in [0.15, 0.2) is 5.78 Å². The summed E-state index contributed by atoms with van der Waals surface area (Å²) in [4.78, 5) is 20.7. The molecule has 0 amide bonds. The Kier molecular flexibility index (Phi) is 3.42. The van der Waals surface area contributed by atoms with Crippen LogP contribution in [0.5, 0.6) is 0 Å². The molecule has 0 saturated carbocycles. The zero-order chi connectivity index (χ0) is 13.4. The van der Waals surface area contributed by atoms with E-state index in [2.05, 4.69) is 0 Å². The number of rotatable bonds is 2. The molecule has 1 aromatic rings. The summed E-state index contributed by atoms with van der Waals surface area (Å²) >= 11 is 5.43. The summed E-state index contributed by atoms with van der Waals surface area (Å²) in [6.07, 6.45) is -4.85. The summed E-state index contributed by atoms with van der Waals surface area (Å²) < 4.78 is 37.7. The van der Waals surface area contributed by atoms with E-state index in [9.17, 15) is 28.1 Å². The van der Waals surface area contributed by atoms with Crippen molar-refractivity contribution in [3.05, 3.63) is 38.4 Å². The van der Waals surface area contributed by atoms with Crippen LogP contribution in [0, 0.1) is 10.1 Å². The second kappa shape index (κ2) is 4.33. The van der Waals surface area contributed by atoms with Crippen LogP contribution < -0.4 is 0 Å². The molecule has 1 aromatic carbocycles. The summed E-state index contributed by atoms with van der Waals surface area (Å²) in [7, 11) is 0. The Bertz CT molecular complexity index is 499. The third-order valence-electron chi connectivity index (χ3n) is 1.97. The van der Waals surface area contributed by atoms with E-state index >= 15 is 0 Å². The zero-order valence-corrected chi connectivity index (χ0v) is 9.09. The van der Waals surface area contributed by atoms with Gasteiger partial charge in [0.25, 0.3) is 5.69 Å². The summed E-state index contributed by atoms with van der Waals surface area (Å²) in [6, 6.07) is 1.29. The van der Waals surface area contributed by atoms with Crippen molar-refractivity contribution < 1.29 is 22.9 Å². The molecule has 1 rings (SSSR count). The predicted octanol–water partition coefficient (Wildman–Crippen LogP) is 3.47. The van der Waals surface area contributed by atoms with Crippen molar-refractivity contribution >= 4 is 23.1 Å². The monoisotopic (exact) mass is 267 g/mol. The highest BCUT2D eigenvalue weighted by Gasteiger charge is 2.39. The fraction of sp³-hybridized carbons (Fsp3) is 0.222. The Morgan fingerprint density at radius 1 is 1.41 bits per heavy atom. The van der Waals surface area contributed by atoms with Crippen molar-refractivity contribution in [2.24, 2.45) is 0 Å². The molecule has 0 aromatic heterocycles. The Morgan fingerprint density at radius 3 is 2.29 bits per heavy atom. The van der Waals surface area contributed by atoms with Crippen LogP contribution in [-0.4, -0.2) is 10.7 Å². The lowest BCUT2D eigenvalue weighted by Gasteiger charge is -2.11. The molecule has 0 aliphatic carbocycles. The molecular weight excluding hydrogens is 263 g/mol. The number of nitro benzene ring substituents is 1. The Hall–Kier alpha value is -1.63. The summed E-state index contributed by atoms with van der Waals surface area (Å²) in [5.74, 6) is -1.06. The average molecular weight is 268 g/mol. The first-order valence-corrected chi connectivity index (χ1v) is 4.59. The van der Waals surface area contributed by atoms with Gasteiger partial charge in [-0.2, -0.15) is 13.2 Å². The maximum atomic E-state index is 12.6. The number of nitro groups is 1. The highest BCUT2D eigenvalue weighted by Crippen LogP contribution is 2.39. The minimum atomic E-state index is -4.85. The first-order chi connectivity index (χ1) is 7.66. The van der Waals surface area contributed by atoms with E-state index in [1.165, 1.54) is 0 Å². The molecule has 0 unspecified atom stereocenters. The molecule has 0 spiro atoms. The number of carbonyl (C=O) groups is 1. The quantitative estimate of drug-likeness (QED) is 0.468. The molecule has 4 nitrogen and oxygen atoms in total. The fourth-order valence-electron chi connectivity index (χ4n) is 1.34. The topological polar surface area (TPSA) is 60.2 Å². The first kappa shape index (κ1) is 13.4. The molecule has 0 heterocycles. The van der Waals surface area contributed by atoms with E-state index in [1.807, 2.05) is 0 Å². The average Bonchev–Trinajstić information content (AvgIpc) is 2.14.